The average Bonchev–Trinajstić information content (AvgIpc) is 3.14. The first-order chi connectivity index (χ1) is 15.6. The van der Waals surface area contributed by atoms with Crippen molar-refractivity contribution in [2.24, 2.45) is 0 Å². The topological polar surface area (TPSA) is 120 Å². The van der Waals surface area contributed by atoms with Gasteiger partial charge in [-0.25, -0.2) is 18.4 Å². The fraction of sp³-hybridized carbons (Fsp3) is 0.136. The number of nitrogen functional groups attached to an aromatic ring is 1. The first-order valence-electron chi connectivity index (χ1n) is 9.82. The summed E-state index contributed by atoms with van der Waals surface area (Å²) in [5.41, 5.74) is 7.41. The molecule has 0 unspecified atom stereocenters. The van der Waals surface area contributed by atoms with E-state index in [4.69, 9.17) is 28.9 Å². The molecular weight excluding hydrogens is 485 g/mol. The lowest BCUT2D eigenvalue weighted by molar-refractivity contribution is 0.104. The van der Waals surface area contributed by atoms with E-state index in [0.717, 1.165) is 0 Å². The Morgan fingerprint density at radius 1 is 1.12 bits per heavy atom. The second-order valence-corrected chi connectivity index (χ2v) is 10.1. The average molecular weight is 504 g/mol. The van der Waals surface area contributed by atoms with E-state index >= 15 is 0 Å². The number of halogens is 2. The molecule has 0 fully saturated rings. The van der Waals surface area contributed by atoms with Gasteiger partial charge in [-0.2, -0.15) is 0 Å². The molecule has 2 heterocycles. The summed E-state index contributed by atoms with van der Waals surface area (Å²) in [6.45, 7) is 3.92. The fourth-order valence-electron chi connectivity index (χ4n) is 3.46. The quantitative estimate of drug-likeness (QED) is 0.359. The van der Waals surface area contributed by atoms with Gasteiger partial charge < -0.3 is 10.3 Å². The molecule has 0 radical (unpaired) electrons. The first kappa shape index (κ1) is 23.0. The Morgan fingerprint density at radius 2 is 1.88 bits per heavy atom. The number of rotatable bonds is 6. The second-order valence-electron chi connectivity index (χ2n) is 7.59. The summed E-state index contributed by atoms with van der Waals surface area (Å²) in [5, 5.41) is 0.754. The van der Waals surface area contributed by atoms with Crippen LogP contribution in [0.15, 0.2) is 59.9 Å². The van der Waals surface area contributed by atoms with Crippen LogP contribution in [0.5, 0.6) is 0 Å². The highest BCUT2D eigenvalue weighted by molar-refractivity contribution is 7.92. The van der Waals surface area contributed by atoms with Crippen LogP contribution in [0.1, 0.15) is 35.8 Å². The van der Waals surface area contributed by atoms with Crippen molar-refractivity contribution in [1.82, 2.24) is 14.5 Å². The Balaban J connectivity index is 1.72. The number of carbonyl (C=O) groups excluding carboxylic acids is 1. The number of hydrogen-bond donors (Lipinski definition) is 2. The molecule has 8 nitrogen and oxygen atoms in total. The predicted octanol–water partition coefficient (Wildman–Crippen LogP) is 4.93. The highest BCUT2D eigenvalue weighted by Crippen LogP contribution is 2.30. The minimum Gasteiger partial charge on any atom is -0.383 e. The lowest BCUT2D eigenvalue weighted by Crippen LogP contribution is -2.14. The Hall–Kier alpha value is -3.14. The Labute approximate surface area is 200 Å². The van der Waals surface area contributed by atoms with Gasteiger partial charge in [0.05, 0.1) is 16.0 Å². The molecule has 4 aromatic rings. The number of hydrogen-bond acceptors (Lipinski definition) is 6. The number of sulfonamides is 1. The van der Waals surface area contributed by atoms with Crippen LogP contribution >= 0.6 is 23.2 Å². The van der Waals surface area contributed by atoms with E-state index in [2.05, 4.69) is 14.7 Å². The summed E-state index contributed by atoms with van der Waals surface area (Å²) >= 11 is 11.9. The maximum Gasteiger partial charge on any atom is 0.263 e. The zero-order valence-electron chi connectivity index (χ0n) is 17.6. The van der Waals surface area contributed by atoms with E-state index in [0.29, 0.717) is 21.6 Å². The molecular formula is C22H19Cl2N5O3S. The van der Waals surface area contributed by atoms with Crippen LogP contribution in [0, 0.1) is 0 Å². The summed E-state index contributed by atoms with van der Waals surface area (Å²) in [6, 6.07) is 10.3. The van der Waals surface area contributed by atoms with Crippen molar-refractivity contribution in [2.45, 2.75) is 24.8 Å². The van der Waals surface area contributed by atoms with Crippen LogP contribution in [-0.2, 0) is 10.0 Å². The lowest BCUT2D eigenvalue weighted by Gasteiger charge is -2.11. The van der Waals surface area contributed by atoms with Crippen molar-refractivity contribution in [1.29, 1.82) is 0 Å². The SMILES string of the molecule is CC(C)n1cc(C(=O)c2cccc(NS(=O)(=O)c3ccc(Cl)cc3Cl)c2)c2c(N)ncnc21. The Kier molecular flexibility index (Phi) is 6.04. The number of anilines is 2. The number of carbonyl (C=O) groups is 1. The molecule has 4 rings (SSSR count). The third-order valence-electron chi connectivity index (χ3n) is 5.00. The van der Waals surface area contributed by atoms with E-state index in [1.165, 1.54) is 36.7 Å². The van der Waals surface area contributed by atoms with Gasteiger partial charge in [-0.3, -0.25) is 9.52 Å². The normalized spacial score (nSPS) is 11.8. The van der Waals surface area contributed by atoms with E-state index in [1.54, 1.807) is 18.3 Å². The van der Waals surface area contributed by atoms with Gasteiger partial charge in [0.25, 0.3) is 10.0 Å². The molecule has 33 heavy (non-hydrogen) atoms. The number of nitrogens with one attached hydrogen (secondary N) is 1. The summed E-state index contributed by atoms with van der Waals surface area (Å²) in [4.78, 5) is 21.6. The number of fused-ring (bicyclic) bond motifs is 1. The van der Waals surface area contributed by atoms with Gasteiger partial charge in [0.2, 0.25) is 0 Å². The Bertz CT molecular complexity index is 1500. The standard InChI is InChI=1S/C22H19Cl2N5O3S/c1-12(2)29-10-16(19-21(25)26-11-27-22(19)29)20(30)13-4-3-5-15(8-13)28-33(31,32)18-7-6-14(23)9-17(18)24/h3-12,28H,1-2H3,(H2,25,26,27). The van der Waals surface area contributed by atoms with Crippen LogP contribution in [0.4, 0.5) is 11.5 Å². The smallest absolute Gasteiger partial charge is 0.263 e. The molecule has 0 aliphatic heterocycles. The molecule has 0 atom stereocenters. The molecule has 170 valence electrons. The molecule has 0 saturated carbocycles. The van der Waals surface area contributed by atoms with Crippen molar-refractivity contribution in [3.8, 4) is 0 Å². The molecule has 0 saturated heterocycles. The van der Waals surface area contributed by atoms with Crippen LogP contribution in [0.2, 0.25) is 10.0 Å². The highest BCUT2D eigenvalue weighted by atomic mass is 35.5. The first-order valence-corrected chi connectivity index (χ1v) is 12.1. The number of aromatic nitrogens is 3. The minimum absolute atomic E-state index is 0.0146. The molecule has 2 aromatic heterocycles. The third kappa shape index (κ3) is 4.39. The molecule has 0 bridgehead atoms. The van der Waals surface area contributed by atoms with Crippen LogP contribution < -0.4 is 10.5 Å². The van der Waals surface area contributed by atoms with Gasteiger partial charge in [0, 0.05) is 28.5 Å². The number of ketones is 1. The van der Waals surface area contributed by atoms with Gasteiger partial charge in [-0.1, -0.05) is 35.3 Å². The third-order valence-corrected chi connectivity index (χ3v) is 7.10. The van der Waals surface area contributed by atoms with E-state index in [1.807, 2.05) is 18.4 Å². The van der Waals surface area contributed by atoms with Crippen LogP contribution in [0.25, 0.3) is 11.0 Å². The van der Waals surface area contributed by atoms with E-state index < -0.39 is 10.0 Å². The van der Waals surface area contributed by atoms with Crippen LogP contribution in [-0.4, -0.2) is 28.7 Å². The van der Waals surface area contributed by atoms with Crippen molar-refractivity contribution in [2.75, 3.05) is 10.5 Å². The number of nitrogens with zero attached hydrogens (tertiary/aromatic N) is 3. The summed E-state index contributed by atoms with van der Waals surface area (Å²) < 4.78 is 29.9. The number of benzene rings is 2. The van der Waals surface area contributed by atoms with Gasteiger partial charge in [0.15, 0.2) is 5.78 Å². The molecule has 0 spiro atoms. The monoisotopic (exact) mass is 503 g/mol. The van der Waals surface area contributed by atoms with Crippen molar-refractivity contribution in [3.63, 3.8) is 0 Å². The maximum atomic E-state index is 13.4. The fourth-order valence-corrected chi connectivity index (χ4v) is 5.28. The molecule has 0 amide bonds. The van der Waals surface area contributed by atoms with Crippen molar-refractivity contribution >= 4 is 61.5 Å². The zero-order valence-corrected chi connectivity index (χ0v) is 19.9. The van der Waals surface area contributed by atoms with Crippen LogP contribution in [0.3, 0.4) is 0 Å². The van der Waals surface area contributed by atoms with Gasteiger partial charge in [-0.05, 0) is 44.2 Å². The Morgan fingerprint density at radius 3 is 2.58 bits per heavy atom. The molecule has 0 aliphatic carbocycles. The number of nitrogens with two attached hydrogens (primary N) is 1. The minimum atomic E-state index is -4.01. The molecule has 3 N–H and O–H groups in total. The zero-order chi connectivity index (χ0) is 23.9. The molecule has 11 heteroatoms. The van der Waals surface area contributed by atoms with Gasteiger partial charge in [-0.15, -0.1) is 0 Å². The second kappa shape index (κ2) is 8.66. The van der Waals surface area contributed by atoms with E-state index in [9.17, 15) is 13.2 Å². The van der Waals surface area contributed by atoms with Gasteiger partial charge in [0.1, 0.15) is 22.7 Å². The lowest BCUT2D eigenvalue weighted by atomic mass is 10.0. The van der Waals surface area contributed by atoms with E-state index in [-0.39, 0.29) is 38.8 Å². The van der Waals surface area contributed by atoms with Crippen molar-refractivity contribution in [3.05, 3.63) is 76.2 Å². The predicted molar refractivity (Wildman–Crippen MR) is 129 cm³/mol. The maximum absolute atomic E-state index is 13.4. The summed E-state index contributed by atoms with van der Waals surface area (Å²) in [5.74, 6) is -0.150. The largest absolute Gasteiger partial charge is 0.383 e. The van der Waals surface area contributed by atoms with Gasteiger partial charge >= 0.3 is 0 Å². The summed E-state index contributed by atoms with van der Waals surface area (Å²) in [6.07, 6.45) is 3.04. The molecule has 0 aliphatic rings. The van der Waals surface area contributed by atoms with Crippen molar-refractivity contribution < 1.29 is 13.2 Å². The molecule has 2 aromatic carbocycles. The highest BCUT2D eigenvalue weighted by Gasteiger charge is 2.23. The summed E-state index contributed by atoms with van der Waals surface area (Å²) in [7, 11) is -4.01.